The fourth-order valence-corrected chi connectivity index (χ4v) is 3.88. The minimum Gasteiger partial charge on any atom is -0.352 e. The van der Waals surface area contributed by atoms with E-state index in [2.05, 4.69) is 5.32 Å². The van der Waals surface area contributed by atoms with Crippen LogP contribution >= 0.6 is 0 Å². The Labute approximate surface area is 160 Å². The highest BCUT2D eigenvalue weighted by molar-refractivity contribution is 5.94. The number of benzene rings is 1. The van der Waals surface area contributed by atoms with Crippen LogP contribution in [0.25, 0.3) is 0 Å². The normalized spacial score (nSPS) is 18.2. The van der Waals surface area contributed by atoms with Gasteiger partial charge in [-0.15, -0.1) is 0 Å². The molecule has 0 atom stereocenters. The minimum atomic E-state index is -0.158. The zero-order valence-electron chi connectivity index (χ0n) is 15.9. The Balaban J connectivity index is 1.37. The summed E-state index contributed by atoms with van der Waals surface area (Å²) in [4.78, 5) is 40.8. The van der Waals surface area contributed by atoms with Crippen molar-refractivity contribution in [1.29, 1.82) is 0 Å². The van der Waals surface area contributed by atoms with Gasteiger partial charge >= 0.3 is 0 Å². The van der Waals surface area contributed by atoms with Gasteiger partial charge in [0, 0.05) is 50.6 Å². The van der Waals surface area contributed by atoms with Crippen LogP contribution in [0.15, 0.2) is 30.3 Å². The lowest BCUT2D eigenvalue weighted by molar-refractivity contribution is -0.141. The molecule has 0 aliphatic carbocycles. The van der Waals surface area contributed by atoms with Crippen molar-refractivity contribution in [1.82, 2.24) is 15.1 Å². The van der Waals surface area contributed by atoms with Crippen LogP contribution in [-0.4, -0.2) is 60.2 Å². The second-order valence-electron chi connectivity index (χ2n) is 7.41. The van der Waals surface area contributed by atoms with Gasteiger partial charge in [0.25, 0.3) is 5.91 Å². The van der Waals surface area contributed by atoms with E-state index in [9.17, 15) is 14.4 Å². The molecular formula is C21H29N3O3. The van der Waals surface area contributed by atoms with Gasteiger partial charge in [-0.1, -0.05) is 18.2 Å². The van der Waals surface area contributed by atoms with Gasteiger partial charge in [-0.25, -0.2) is 0 Å². The number of likely N-dealkylation sites (tertiary alicyclic amines) is 2. The zero-order chi connectivity index (χ0) is 19.1. The third-order valence-electron chi connectivity index (χ3n) is 5.53. The number of nitrogens with one attached hydrogen (secondary N) is 1. The van der Waals surface area contributed by atoms with Crippen LogP contribution in [0.2, 0.25) is 0 Å². The number of carbonyl (C=O) groups excluding carboxylic acids is 3. The highest BCUT2D eigenvalue weighted by atomic mass is 16.2. The molecule has 0 spiro atoms. The molecule has 1 N–H and O–H groups in total. The molecule has 2 fully saturated rings. The Kier molecular flexibility index (Phi) is 6.85. The maximum absolute atomic E-state index is 12.6. The van der Waals surface area contributed by atoms with E-state index in [1.54, 1.807) is 12.1 Å². The molecule has 146 valence electrons. The predicted octanol–water partition coefficient (Wildman–Crippen LogP) is 2.06. The number of rotatable bonds is 5. The third kappa shape index (κ3) is 5.31. The summed E-state index contributed by atoms with van der Waals surface area (Å²) < 4.78 is 0. The Hall–Kier alpha value is -2.37. The molecule has 2 saturated heterocycles. The van der Waals surface area contributed by atoms with Gasteiger partial charge in [-0.3, -0.25) is 14.4 Å². The van der Waals surface area contributed by atoms with E-state index >= 15 is 0 Å². The van der Waals surface area contributed by atoms with Crippen molar-refractivity contribution in [3.63, 3.8) is 0 Å². The van der Waals surface area contributed by atoms with E-state index in [1.807, 2.05) is 28.0 Å². The van der Waals surface area contributed by atoms with Crippen molar-refractivity contribution in [2.75, 3.05) is 32.7 Å². The molecule has 6 heteroatoms. The van der Waals surface area contributed by atoms with Crippen molar-refractivity contribution in [2.24, 2.45) is 5.92 Å². The van der Waals surface area contributed by atoms with Gasteiger partial charge in [0.05, 0.1) is 0 Å². The molecule has 3 amide bonds. The maximum Gasteiger partial charge on any atom is 0.251 e. The third-order valence-corrected chi connectivity index (χ3v) is 5.53. The standard InChI is InChI=1S/C21H29N3O3/c25-19(9-12-22-20(26)17-7-3-1-4-8-17)23-15-10-18(11-16-23)21(27)24-13-5-2-6-14-24/h1,3-4,7-8,18H,2,5-6,9-16H2,(H,22,26). The first-order chi connectivity index (χ1) is 13.1. The number of piperidine rings is 2. The summed E-state index contributed by atoms with van der Waals surface area (Å²) in [6.07, 6.45) is 5.23. The van der Waals surface area contributed by atoms with Crippen LogP contribution in [0.4, 0.5) is 0 Å². The van der Waals surface area contributed by atoms with E-state index in [0.717, 1.165) is 38.8 Å². The lowest BCUT2D eigenvalue weighted by atomic mass is 9.94. The second kappa shape index (κ2) is 9.53. The molecular weight excluding hydrogens is 342 g/mol. The van der Waals surface area contributed by atoms with Crippen LogP contribution in [0.1, 0.15) is 48.9 Å². The van der Waals surface area contributed by atoms with E-state index in [4.69, 9.17) is 0 Å². The predicted molar refractivity (Wildman–Crippen MR) is 103 cm³/mol. The monoisotopic (exact) mass is 371 g/mol. The van der Waals surface area contributed by atoms with Crippen molar-refractivity contribution >= 4 is 17.7 Å². The van der Waals surface area contributed by atoms with Crippen LogP contribution in [0.5, 0.6) is 0 Å². The lowest BCUT2D eigenvalue weighted by Crippen LogP contribution is -2.46. The molecule has 0 bridgehead atoms. The molecule has 1 aromatic carbocycles. The summed E-state index contributed by atoms with van der Waals surface area (Å²) >= 11 is 0. The van der Waals surface area contributed by atoms with Crippen molar-refractivity contribution < 1.29 is 14.4 Å². The van der Waals surface area contributed by atoms with Gasteiger partial charge < -0.3 is 15.1 Å². The summed E-state index contributed by atoms with van der Waals surface area (Å²) in [7, 11) is 0. The summed E-state index contributed by atoms with van der Waals surface area (Å²) in [6.45, 7) is 3.38. The number of carbonyl (C=O) groups is 3. The van der Waals surface area contributed by atoms with Crippen LogP contribution in [0.3, 0.4) is 0 Å². The average Bonchev–Trinajstić information content (AvgIpc) is 2.74. The Morgan fingerprint density at radius 2 is 1.56 bits per heavy atom. The number of amides is 3. The Morgan fingerprint density at radius 1 is 0.889 bits per heavy atom. The molecule has 2 heterocycles. The average molecular weight is 371 g/mol. The van der Waals surface area contributed by atoms with Crippen molar-refractivity contribution in [3.8, 4) is 0 Å². The van der Waals surface area contributed by atoms with Gasteiger partial charge in [0.1, 0.15) is 0 Å². The molecule has 0 aromatic heterocycles. The Bertz CT molecular complexity index is 648. The number of hydrogen-bond acceptors (Lipinski definition) is 3. The van der Waals surface area contributed by atoms with Gasteiger partial charge in [-0.2, -0.15) is 0 Å². The largest absolute Gasteiger partial charge is 0.352 e. The van der Waals surface area contributed by atoms with E-state index in [1.165, 1.54) is 6.42 Å². The fraction of sp³-hybridized carbons (Fsp3) is 0.571. The first-order valence-electron chi connectivity index (χ1n) is 10.0. The van der Waals surface area contributed by atoms with Crippen molar-refractivity contribution in [2.45, 2.75) is 38.5 Å². The van der Waals surface area contributed by atoms with E-state index in [0.29, 0.717) is 31.6 Å². The molecule has 6 nitrogen and oxygen atoms in total. The molecule has 3 rings (SSSR count). The summed E-state index contributed by atoms with van der Waals surface area (Å²) in [6, 6.07) is 8.99. The quantitative estimate of drug-likeness (QED) is 0.861. The summed E-state index contributed by atoms with van der Waals surface area (Å²) in [5.74, 6) is 0.225. The molecule has 2 aliphatic heterocycles. The first-order valence-corrected chi connectivity index (χ1v) is 10.0. The molecule has 0 unspecified atom stereocenters. The highest BCUT2D eigenvalue weighted by Gasteiger charge is 2.30. The van der Waals surface area contributed by atoms with Gasteiger partial charge in [-0.05, 0) is 44.2 Å². The maximum atomic E-state index is 12.6. The van der Waals surface area contributed by atoms with E-state index in [-0.39, 0.29) is 23.6 Å². The lowest BCUT2D eigenvalue weighted by Gasteiger charge is -2.35. The fourth-order valence-electron chi connectivity index (χ4n) is 3.88. The Morgan fingerprint density at radius 3 is 2.22 bits per heavy atom. The topological polar surface area (TPSA) is 69.7 Å². The molecule has 27 heavy (non-hydrogen) atoms. The minimum absolute atomic E-state index is 0.0484. The zero-order valence-corrected chi connectivity index (χ0v) is 15.9. The summed E-state index contributed by atoms with van der Waals surface area (Å²) in [5.41, 5.74) is 0.599. The number of hydrogen-bond donors (Lipinski definition) is 1. The molecule has 2 aliphatic rings. The second-order valence-corrected chi connectivity index (χ2v) is 7.41. The van der Waals surface area contributed by atoms with E-state index < -0.39 is 0 Å². The van der Waals surface area contributed by atoms with Gasteiger partial charge in [0.2, 0.25) is 11.8 Å². The SMILES string of the molecule is O=C(NCCC(=O)N1CCC(C(=O)N2CCCCC2)CC1)c1ccccc1. The molecule has 0 radical (unpaired) electrons. The van der Waals surface area contributed by atoms with Gasteiger partial charge in [0.15, 0.2) is 0 Å². The molecule has 1 aromatic rings. The first kappa shape index (κ1) is 19.4. The van der Waals surface area contributed by atoms with Crippen LogP contribution < -0.4 is 5.32 Å². The number of nitrogens with zero attached hydrogens (tertiary/aromatic N) is 2. The van der Waals surface area contributed by atoms with Crippen LogP contribution in [-0.2, 0) is 9.59 Å². The summed E-state index contributed by atoms with van der Waals surface area (Å²) in [5, 5.41) is 2.79. The smallest absolute Gasteiger partial charge is 0.251 e. The van der Waals surface area contributed by atoms with Crippen molar-refractivity contribution in [3.05, 3.63) is 35.9 Å². The molecule has 0 saturated carbocycles. The van der Waals surface area contributed by atoms with Crippen LogP contribution in [0, 0.1) is 5.92 Å². The highest BCUT2D eigenvalue weighted by Crippen LogP contribution is 2.22.